The Hall–Kier alpha value is -2.78. The van der Waals surface area contributed by atoms with Crippen molar-refractivity contribution in [3.05, 3.63) is 52.1 Å². The van der Waals surface area contributed by atoms with Crippen LogP contribution >= 0.6 is 11.3 Å². The second-order valence-corrected chi connectivity index (χ2v) is 8.98. The van der Waals surface area contributed by atoms with Gasteiger partial charge >= 0.3 is 0 Å². The molecule has 4 rings (SSSR count). The molecule has 1 amide bonds. The number of carbonyl (C=O) groups excluding carboxylic acids is 1. The van der Waals surface area contributed by atoms with Crippen LogP contribution in [0.25, 0.3) is 10.3 Å². The number of carbonyl (C=O) groups is 1. The van der Waals surface area contributed by atoms with E-state index in [1.807, 2.05) is 61.2 Å². The predicted molar refractivity (Wildman–Crippen MR) is 123 cm³/mol. The van der Waals surface area contributed by atoms with E-state index in [1.54, 1.807) is 4.57 Å². The third-order valence-corrected chi connectivity index (χ3v) is 6.46. The standard InChI is InChI=1S/C22H28N6O2S/c1-4-27-17(14-26(2)3)24-20-18(21(27)30)25-22(31-20)28-12-8-11-16(28)19(29)23-13-15-9-6-5-7-10-15/h5-7,9-10,16H,4,8,11-14H2,1-3H3,(H,23,29)/t16-/m1/s1. The minimum Gasteiger partial charge on any atom is -0.350 e. The van der Waals surface area contributed by atoms with Crippen molar-refractivity contribution in [2.45, 2.75) is 45.4 Å². The highest BCUT2D eigenvalue weighted by atomic mass is 32.1. The van der Waals surface area contributed by atoms with Crippen molar-refractivity contribution in [1.82, 2.24) is 24.8 Å². The number of amides is 1. The van der Waals surface area contributed by atoms with E-state index in [2.05, 4.69) is 10.3 Å². The Morgan fingerprint density at radius 2 is 2.03 bits per heavy atom. The molecule has 0 aliphatic carbocycles. The van der Waals surface area contributed by atoms with Gasteiger partial charge in [0, 0.05) is 19.6 Å². The van der Waals surface area contributed by atoms with Crippen molar-refractivity contribution in [2.75, 3.05) is 25.5 Å². The van der Waals surface area contributed by atoms with Crippen LogP contribution in [-0.4, -0.2) is 52.0 Å². The lowest BCUT2D eigenvalue weighted by Gasteiger charge is -2.23. The molecule has 1 aliphatic rings. The lowest BCUT2D eigenvalue weighted by Crippen LogP contribution is -2.43. The number of nitrogens with one attached hydrogen (secondary N) is 1. The first-order valence-corrected chi connectivity index (χ1v) is 11.4. The molecule has 9 heteroatoms. The quantitative estimate of drug-likeness (QED) is 0.607. The molecule has 1 saturated heterocycles. The summed E-state index contributed by atoms with van der Waals surface area (Å²) >= 11 is 1.40. The van der Waals surface area contributed by atoms with Gasteiger partial charge in [0.2, 0.25) is 5.91 Å². The number of hydrogen-bond donors (Lipinski definition) is 1. The van der Waals surface area contributed by atoms with E-state index in [9.17, 15) is 9.59 Å². The molecule has 164 valence electrons. The van der Waals surface area contributed by atoms with Crippen molar-refractivity contribution in [3.8, 4) is 0 Å². The highest BCUT2D eigenvalue weighted by Gasteiger charge is 2.33. The minimum atomic E-state index is -0.279. The summed E-state index contributed by atoms with van der Waals surface area (Å²) in [5.41, 5.74) is 1.34. The Bertz CT molecular complexity index is 1120. The fourth-order valence-electron chi connectivity index (χ4n) is 3.96. The number of nitrogens with zero attached hydrogens (tertiary/aromatic N) is 5. The smallest absolute Gasteiger partial charge is 0.281 e. The van der Waals surface area contributed by atoms with Crippen molar-refractivity contribution < 1.29 is 4.79 Å². The van der Waals surface area contributed by atoms with Gasteiger partial charge < -0.3 is 15.1 Å². The molecule has 1 aromatic carbocycles. The Morgan fingerprint density at radius 3 is 2.74 bits per heavy atom. The van der Waals surface area contributed by atoms with Gasteiger partial charge in [-0.25, -0.2) is 9.97 Å². The highest BCUT2D eigenvalue weighted by molar-refractivity contribution is 7.21. The summed E-state index contributed by atoms with van der Waals surface area (Å²) in [6.07, 6.45) is 1.69. The fourth-order valence-corrected chi connectivity index (χ4v) is 4.99. The first kappa shape index (κ1) is 21.5. The number of rotatable bonds is 7. The number of thiazole rings is 1. The van der Waals surface area contributed by atoms with Crippen LogP contribution in [0, 0.1) is 0 Å². The molecule has 0 unspecified atom stereocenters. The van der Waals surface area contributed by atoms with Crippen LogP contribution < -0.4 is 15.8 Å². The van der Waals surface area contributed by atoms with E-state index < -0.39 is 0 Å². The van der Waals surface area contributed by atoms with Gasteiger partial charge in [-0.1, -0.05) is 41.7 Å². The number of benzene rings is 1. The molecule has 1 N–H and O–H groups in total. The Balaban J connectivity index is 1.59. The third kappa shape index (κ3) is 4.47. The normalized spacial score (nSPS) is 16.4. The van der Waals surface area contributed by atoms with Crippen molar-refractivity contribution in [1.29, 1.82) is 0 Å². The molecule has 0 saturated carbocycles. The number of aromatic nitrogens is 3. The summed E-state index contributed by atoms with van der Waals surface area (Å²) in [4.78, 5) is 39.9. The van der Waals surface area contributed by atoms with Gasteiger partial charge in [0.05, 0.1) is 6.54 Å². The van der Waals surface area contributed by atoms with Crippen LogP contribution in [0.2, 0.25) is 0 Å². The van der Waals surface area contributed by atoms with E-state index >= 15 is 0 Å². The van der Waals surface area contributed by atoms with Gasteiger partial charge in [0.15, 0.2) is 15.5 Å². The molecule has 3 heterocycles. The van der Waals surface area contributed by atoms with Crippen LogP contribution in [0.15, 0.2) is 35.1 Å². The average Bonchev–Trinajstić information content (AvgIpc) is 3.40. The predicted octanol–water partition coefficient (Wildman–Crippen LogP) is 2.22. The molecule has 1 fully saturated rings. The molecule has 0 bridgehead atoms. The minimum absolute atomic E-state index is 0.00663. The summed E-state index contributed by atoms with van der Waals surface area (Å²) in [5, 5.41) is 3.74. The van der Waals surface area contributed by atoms with E-state index in [-0.39, 0.29) is 17.5 Å². The summed E-state index contributed by atoms with van der Waals surface area (Å²) in [6.45, 7) is 4.32. The first-order valence-electron chi connectivity index (χ1n) is 10.6. The van der Waals surface area contributed by atoms with E-state index in [1.165, 1.54) is 11.3 Å². The zero-order valence-corrected chi connectivity index (χ0v) is 19.0. The highest BCUT2D eigenvalue weighted by Crippen LogP contribution is 2.31. The maximum atomic E-state index is 13.0. The Labute approximate surface area is 185 Å². The zero-order valence-electron chi connectivity index (χ0n) is 18.2. The van der Waals surface area contributed by atoms with Gasteiger partial charge in [-0.3, -0.25) is 14.2 Å². The molecular formula is C22H28N6O2S. The van der Waals surface area contributed by atoms with Gasteiger partial charge in [-0.2, -0.15) is 0 Å². The van der Waals surface area contributed by atoms with Gasteiger partial charge in [-0.05, 0) is 39.4 Å². The van der Waals surface area contributed by atoms with Crippen LogP contribution in [0.4, 0.5) is 5.13 Å². The van der Waals surface area contributed by atoms with E-state index in [4.69, 9.17) is 4.98 Å². The number of fused-ring (bicyclic) bond motifs is 1. The molecular weight excluding hydrogens is 412 g/mol. The average molecular weight is 441 g/mol. The summed E-state index contributed by atoms with van der Waals surface area (Å²) in [5.74, 6) is 0.728. The first-order chi connectivity index (χ1) is 15.0. The molecule has 2 aromatic heterocycles. The van der Waals surface area contributed by atoms with Crippen LogP contribution in [0.3, 0.4) is 0 Å². The van der Waals surface area contributed by atoms with E-state index in [0.717, 1.165) is 30.8 Å². The maximum Gasteiger partial charge on any atom is 0.281 e. The van der Waals surface area contributed by atoms with Crippen LogP contribution in [0.5, 0.6) is 0 Å². The van der Waals surface area contributed by atoms with Gasteiger partial charge in [0.1, 0.15) is 11.9 Å². The van der Waals surface area contributed by atoms with Gasteiger partial charge in [0.25, 0.3) is 5.56 Å². The molecule has 31 heavy (non-hydrogen) atoms. The summed E-state index contributed by atoms with van der Waals surface area (Å²) < 4.78 is 1.68. The zero-order chi connectivity index (χ0) is 22.0. The lowest BCUT2D eigenvalue weighted by atomic mass is 10.2. The maximum absolute atomic E-state index is 13.0. The molecule has 1 aliphatic heterocycles. The van der Waals surface area contributed by atoms with Crippen LogP contribution in [0.1, 0.15) is 31.2 Å². The Morgan fingerprint density at radius 1 is 1.26 bits per heavy atom. The van der Waals surface area contributed by atoms with Crippen molar-refractivity contribution in [2.24, 2.45) is 0 Å². The third-order valence-electron chi connectivity index (χ3n) is 5.47. The van der Waals surface area contributed by atoms with E-state index in [0.29, 0.717) is 35.1 Å². The second kappa shape index (κ2) is 9.15. The SMILES string of the molecule is CCn1c(CN(C)C)nc2sc(N3CCC[C@@H]3C(=O)NCc3ccccc3)nc2c1=O. The number of hydrogen-bond acceptors (Lipinski definition) is 7. The number of anilines is 1. The fraction of sp³-hybridized carbons (Fsp3) is 0.455. The van der Waals surface area contributed by atoms with Crippen LogP contribution in [-0.2, 0) is 24.4 Å². The van der Waals surface area contributed by atoms with Crippen molar-refractivity contribution >= 4 is 32.7 Å². The molecule has 3 aromatic rings. The second-order valence-electron chi connectivity index (χ2n) is 8.02. The topological polar surface area (TPSA) is 83.4 Å². The molecule has 0 spiro atoms. The Kier molecular flexibility index (Phi) is 6.33. The molecule has 8 nitrogen and oxygen atoms in total. The van der Waals surface area contributed by atoms with Crippen molar-refractivity contribution in [3.63, 3.8) is 0 Å². The molecule has 0 radical (unpaired) electrons. The lowest BCUT2D eigenvalue weighted by molar-refractivity contribution is -0.122. The largest absolute Gasteiger partial charge is 0.350 e. The molecule has 1 atom stereocenters. The monoisotopic (exact) mass is 440 g/mol. The summed E-state index contributed by atoms with van der Waals surface area (Å²) in [6, 6.07) is 9.60. The summed E-state index contributed by atoms with van der Waals surface area (Å²) in [7, 11) is 3.91. The van der Waals surface area contributed by atoms with Gasteiger partial charge in [-0.15, -0.1) is 0 Å².